The van der Waals surface area contributed by atoms with Gasteiger partial charge < -0.3 is 15.3 Å². The summed E-state index contributed by atoms with van der Waals surface area (Å²) in [5.41, 5.74) is 0. The van der Waals surface area contributed by atoms with E-state index in [2.05, 4.69) is 0 Å². The van der Waals surface area contributed by atoms with Gasteiger partial charge in [0.25, 0.3) is 0 Å². The van der Waals surface area contributed by atoms with E-state index in [1.54, 1.807) is 13.0 Å². The number of hydrogen-bond acceptors (Lipinski definition) is 3. The number of allylic oxidation sites excluding steroid dienone is 1. The van der Waals surface area contributed by atoms with Gasteiger partial charge in [-0.1, -0.05) is 12.2 Å². The lowest BCUT2D eigenvalue weighted by Gasteiger charge is -2.19. The first-order valence-electron chi connectivity index (χ1n) is 5.75. The van der Waals surface area contributed by atoms with Crippen molar-refractivity contribution in [2.45, 2.75) is 44.8 Å². The molecule has 3 N–H and O–H groups in total. The second-order valence-electron chi connectivity index (χ2n) is 4.57. The molecule has 0 saturated heterocycles. The zero-order valence-electron chi connectivity index (χ0n) is 9.54. The number of carboxylic acid groups (broad SMARTS) is 1. The molecule has 1 aliphatic rings. The third-order valence-electron chi connectivity index (χ3n) is 3.19. The summed E-state index contributed by atoms with van der Waals surface area (Å²) < 4.78 is 0. The van der Waals surface area contributed by atoms with E-state index in [0.29, 0.717) is 12.8 Å². The Morgan fingerprint density at radius 2 is 2.19 bits per heavy atom. The van der Waals surface area contributed by atoms with Crippen molar-refractivity contribution in [3.63, 3.8) is 0 Å². The van der Waals surface area contributed by atoms with Gasteiger partial charge in [-0.05, 0) is 38.0 Å². The van der Waals surface area contributed by atoms with Gasteiger partial charge >= 0.3 is 5.97 Å². The predicted molar refractivity (Wildman–Crippen MR) is 59.9 cm³/mol. The van der Waals surface area contributed by atoms with Gasteiger partial charge in [-0.2, -0.15) is 0 Å². The molecule has 0 aliphatic heterocycles. The number of carboxylic acids is 1. The van der Waals surface area contributed by atoms with Crippen LogP contribution in [0.5, 0.6) is 0 Å². The van der Waals surface area contributed by atoms with Crippen LogP contribution in [0.15, 0.2) is 12.2 Å². The highest BCUT2D eigenvalue weighted by Crippen LogP contribution is 2.36. The minimum Gasteiger partial charge on any atom is -0.481 e. The molecule has 4 heteroatoms. The maximum absolute atomic E-state index is 10.6. The first kappa shape index (κ1) is 13.2. The van der Waals surface area contributed by atoms with Crippen LogP contribution in [0.25, 0.3) is 0 Å². The molecule has 0 aromatic rings. The van der Waals surface area contributed by atoms with Crippen LogP contribution >= 0.6 is 0 Å². The summed E-state index contributed by atoms with van der Waals surface area (Å²) >= 11 is 0. The first-order valence-corrected chi connectivity index (χ1v) is 5.75. The molecule has 0 radical (unpaired) electrons. The lowest BCUT2D eigenvalue weighted by atomic mass is 9.89. The molecule has 1 saturated carbocycles. The van der Waals surface area contributed by atoms with Crippen molar-refractivity contribution in [1.29, 1.82) is 0 Å². The molecule has 1 unspecified atom stereocenters. The van der Waals surface area contributed by atoms with Gasteiger partial charge in [-0.3, -0.25) is 4.79 Å². The Bertz CT molecular complexity index is 260. The average molecular weight is 228 g/mol. The van der Waals surface area contributed by atoms with Crippen LogP contribution in [0.3, 0.4) is 0 Å². The fraction of sp³-hybridized carbons (Fsp3) is 0.750. The molecule has 92 valence electrons. The summed E-state index contributed by atoms with van der Waals surface area (Å²) in [5, 5.41) is 27.6. The van der Waals surface area contributed by atoms with Crippen molar-refractivity contribution >= 4 is 5.97 Å². The number of aliphatic carboxylic acids is 1. The van der Waals surface area contributed by atoms with Crippen LogP contribution in [0.2, 0.25) is 0 Å². The standard InChI is InChI=1S/C12H20O4/c1-8(13)3-2-4-10-9(7-12(15)16)5-6-11(10)14/h2-3,8-11,13-14H,4-7H2,1H3,(H,15,16)/b3-2-/t8?,9-,10-,11+/m1/s1. The maximum Gasteiger partial charge on any atom is 0.303 e. The minimum atomic E-state index is -0.802. The van der Waals surface area contributed by atoms with Gasteiger partial charge in [0.05, 0.1) is 12.2 Å². The van der Waals surface area contributed by atoms with E-state index in [0.717, 1.165) is 6.42 Å². The average Bonchev–Trinajstić information content (AvgIpc) is 2.48. The van der Waals surface area contributed by atoms with Gasteiger partial charge in [-0.25, -0.2) is 0 Å². The lowest BCUT2D eigenvalue weighted by Crippen LogP contribution is -2.20. The summed E-state index contributed by atoms with van der Waals surface area (Å²) in [4.78, 5) is 10.6. The van der Waals surface area contributed by atoms with Crippen molar-refractivity contribution in [3.8, 4) is 0 Å². The summed E-state index contributed by atoms with van der Waals surface area (Å²) in [5.74, 6) is -0.721. The Labute approximate surface area is 95.6 Å². The fourth-order valence-corrected chi connectivity index (χ4v) is 2.39. The molecule has 0 aromatic carbocycles. The molecular formula is C12H20O4. The second-order valence-corrected chi connectivity index (χ2v) is 4.57. The minimum absolute atomic E-state index is 0.0195. The van der Waals surface area contributed by atoms with E-state index in [-0.39, 0.29) is 18.3 Å². The molecule has 16 heavy (non-hydrogen) atoms. The summed E-state index contributed by atoms with van der Waals surface area (Å²) in [6, 6.07) is 0. The number of aliphatic hydroxyl groups excluding tert-OH is 2. The van der Waals surface area contributed by atoms with Crippen LogP contribution in [-0.4, -0.2) is 33.5 Å². The number of rotatable bonds is 5. The quantitative estimate of drug-likeness (QED) is 0.617. The molecule has 0 spiro atoms. The Balaban J connectivity index is 2.49. The van der Waals surface area contributed by atoms with Crippen LogP contribution in [0, 0.1) is 11.8 Å². The predicted octanol–water partition coefficient (Wildman–Crippen LogP) is 1.18. The smallest absolute Gasteiger partial charge is 0.303 e. The van der Waals surface area contributed by atoms with E-state index >= 15 is 0 Å². The van der Waals surface area contributed by atoms with Gasteiger partial charge in [0.2, 0.25) is 0 Å². The number of carbonyl (C=O) groups is 1. The van der Waals surface area contributed by atoms with E-state index < -0.39 is 18.2 Å². The van der Waals surface area contributed by atoms with E-state index in [1.165, 1.54) is 0 Å². The van der Waals surface area contributed by atoms with Crippen molar-refractivity contribution in [2.75, 3.05) is 0 Å². The van der Waals surface area contributed by atoms with Gasteiger partial charge in [0, 0.05) is 6.42 Å². The lowest BCUT2D eigenvalue weighted by molar-refractivity contribution is -0.138. The molecule has 0 amide bonds. The fourth-order valence-electron chi connectivity index (χ4n) is 2.39. The molecule has 0 aromatic heterocycles. The SMILES string of the molecule is CC(O)/C=C\C[C@@H]1[C@@H](CC(=O)O)CC[C@@H]1O. The molecule has 1 fully saturated rings. The number of aliphatic hydroxyl groups is 2. The molecule has 0 heterocycles. The summed E-state index contributed by atoms with van der Waals surface area (Å²) in [7, 11) is 0. The van der Waals surface area contributed by atoms with Gasteiger partial charge in [0.15, 0.2) is 0 Å². The first-order chi connectivity index (χ1) is 7.50. The Morgan fingerprint density at radius 1 is 1.50 bits per heavy atom. The van der Waals surface area contributed by atoms with Crippen molar-refractivity contribution in [2.24, 2.45) is 11.8 Å². The topological polar surface area (TPSA) is 77.8 Å². The molecule has 4 atom stereocenters. The molecule has 1 rings (SSSR count). The normalized spacial score (nSPS) is 32.1. The highest BCUT2D eigenvalue weighted by atomic mass is 16.4. The zero-order chi connectivity index (χ0) is 12.1. The summed E-state index contributed by atoms with van der Waals surface area (Å²) in [6.45, 7) is 1.66. The third kappa shape index (κ3) is 3.94. The Kier molecular flexibility index (Phi) is 4.96. The molecule has 1 aliphatic carbocycles. The van der Waals surface area contributed by atoms with E-state index in [9.17, 15) is 9.90 Å². The van der Waals surface area contributed by atoms with Crippen LogP contribution < -0.4 is 0 Å². The van der Waals surface area contributed by atoms with E-state index in [1.807, 2.05) is 6.08 Å². The third-order valence-corrected chi connectivity index (χ3v) is 3.19. The van der Waals surface area contributed by atoms with Crippen molar-refractivity contribution in [3.05, 3.63) is 12.2 Å². The molecule has 4 nitrogen and oxygen atoms in total. The van der Waals surface area contributed by atoms with E-state index in [4.69, 9.17) is 10.2 Å². The molecular weight excluding hydrogens is 208 g/mol. The highest BCUT2D eigenvalue weighted by Gasteiger charge is 2.35. The van der Waals surface area contributed by atoms with Gasteiger partial charge in [0.1, 0.15) is 0 Å². The van der Waals surface area contributed by atoms with Crippen LogP contribution in [0.4, 0.5) is 0 Å². The van der Waals surface area contributed by atoms with Crippen molar-refractivity contribution in [1.82, 2.24) is 0 Å². The largest absolute Gasteiger partial charge is 0.481 e. The van der Waals surface area contributed by atoms with Crippen LogP contribution in [0.1, 0.15) is 32.6 Å². The maximum atomic E-state index is 10.6. The highest BCUT2D eigenvalue weighted by molar-refractivity contribution is 5.67. The van der Waals surface area contributed by atoms with Crippen LogP contribution in [-0.2, 0) is 4.79 Å². The summed E-state index contributed by atoms with van der Waals surface area (Å²) in [6.07, 6.45) is 4.85. The Hall–Kier alpha value is -0.870. The second kappa shape index (κ2) is 6.01. The monoisotopic (exact) mass is 228 g/mol. The Morgan fingerprint density at radius 3 is 2.75 bits per heavy atom. The number of hydrogen-bond donors (Lipinski definition) is 3. The zero-order valence-corrected chi connectivity index (χ0v) is 9.54. The van der Waals surface area contributed by atoms with Crippen molar-refractivity contribution < 1.29 is 20.1 Å². The van der Waals surface area contributed by atoms with Gasteiger partial charge in [-0.15, -0.1) is 0 Å². The molecule has 0 bridgehead atoms.